The van der Waals surface area contributed by atoms with Crippen LogP contribution in [0, 0.1) is 11.3 Å². The van der Waals surface area contributed by atoms with Crippen molar-refractivity contribution >= 4 is 39.9 Å². The Balaban J connectivity index is 1.54. The Morgan fingerprint density at radius 3 is 2.71 bits per heavy atom. The van der Waals surface area contributed by atoms with Gasteiger partial charge in [0.15, 0.2) is 0 Å². The van der Waals surface area contributed by atoms with Crippen LogP contribution in [0.4, 0.5) is 5.69 Å². The van der Waals surface area contributed by atoms with E-state index in [2.05, 4.69) is 4.98 Å². The van der Waals surface area contributed by atoms with Gasteiger partial charge in [0.2, 0.25) is 0 Å². The lowest BCUT2D eigenvalue weighted by Gasteiger charge is -2.27. The van der Waals surface area contributed by atoms with Crippen molar-refractivity contribution in [2.45, 2.75) is 30.8 Å². The highest BCUT2D eigenvalue weighted by Gasteiger charge is 2.74. The first-order chi connectivity index (χ1) is 13.4. The molecule has 2 saturated carbocycles. The highest BCUT2D eigenvalue weighted by atomic mass is 35.5. The molecule has 0 bridgehead atoms. The summed E-state index contributed by atoms with van der Waals surface area (Å²) in [6.07, 6.45) is 0.951. The third-order valence-electron chi connectivity index (χ3n) is 6.48. The van der Waals surface area contributed by atoms with Crippen LogP contribution in [0.15, 0.2) is 42.7 Å². The lowest BCUT2D eigenvalue weighted by Crippen LogP contribution is -2.36. The maximum absolute atomic E-state index is 11.1. The molecule has 2 fully saturated rings. The first-order valence-electron chi connectivity index (χ1n) is 9.06. The Bertz CT molecular complexity index is 1090. The van der Waals surface area contributed by atoms with Gasteiger partial charge in [-0.1, -0.05) is 29.3 Å². The number of halogens is 2. The topological polar surface area (TPSA) is 105 Å². The van der Waals surface area contributed by atoms with E-state index in [1.165, 1.54) is 0 Å². The molecule has 0 saturated heterocycles. The number of nitrogens with two attached hydrogens (primary N) is 1. The van der Waals surface area contributed by atoms with E-state index in [0.717, 1.165) is 5.39 Å². The number of nitrogens with zero attached hydrogens (tertiary/aromatic N) is 2. The van der Waals surface area contributed by atoms with Crippen molar-refractivity contribution in [3.63, 3.8) is 0 Å². The molecule has 5 rings (SSSR count). The predicted molar refractivity (Wildman–Crippen MR) is 107 cm³/mol. The number of fused-ring (bicyclic) bond motifs is 2. The average molecular weight is 420 g/mol. The number of nitrogen functional groups attached to an aromatic ring is 1. The van der Waals surface area contributed by atoms with Crippen molar-refractivity contribution < 1.29 is 15.3 Å². The zero-order chi connectivity index (χ0) is 19.8. The highest BCUT2D eigenvalue weighted by molar-refractivity contribution is 6.42. The molecule has 0 aliphatic heterocycles. The maximum Gasteiger partial charge on any atom is 0.142 e. The van der Waals surface area contributed by atoms with Gasteiger partial charge in [-0.3, -0.25) is 0 Å². The second-order valence-electron chi connectivity index (χ2n) is 7.79. The minimum Gasteiger partial charge on any atom is -0.398 e. The van der Waals surface area contributed by atoms with Gasteiger partial charge in [0.25, 0.3) is 0 Å². The van der Waals surface area contributed by atoms with E-state index in [4.69, 9.17) is 28.9 Å². The van der Waals surface area contributed by atoms with Crippen LogP contribution in [0.25, 0.3) is 11.0 Å². The Kier molecular flexibility index (Phi) is 3.96. The van der Waals surface area contributed by atoms with Gasteiger partial charge < -0.3 is 25.6 Å². The molecule has 3 aromatic rings. The average Bonchev–Trinajstić information content (AvgIpc) is 3.20. The number of hydrogen-bond acceptors (Lipinski definition) is 5. The van der Waals surface area contributed by atoms with Crippen LogP contribution >= 0.6 is 23.2 Å². The Morgan fingerprint density at radius 1 is 1.18 bits per heavy atom. The van der Waals surface area contributed by atoms with Crippen LogP contribution in [-0.2, 0) is 0 Å². The van der Waals surface area contributed by atoms with Gasteiger partial charge in [-0.05, 0) is 42.2 Å². The van der Waals surface area contributed by atoms with Crippen LogP contribution in [-0.4, -0.2) is 37.1 Å². The summed E-state index contributed by atoms with van der Waals surface area (Å²) in [5.41, 5.74) is 7.02. The second-order valence-corrected chi connectivity index (χ2v) is 8.60. The molecule has 2 heterocycles. The van der Waals surface area contributed by atoms with Crippen molar-refractivity contribution in [1.82, 2.24) is 9.55 Å². The minimum absolute atomic E-state index is 0.110. The molecule has 2 aromatic heterocycles. The number of hydrogen-bond donors (Lipinski definition) is 4. The lowest BCUT2D eigenvalue weighted by molar-refractivity contribution is -0.0558. The fourth-order valence-electron chi connectivity index (χ4n) is 4.99. The molecule has 8 heteroatoms. The van der Waals surface area contributed by atoms with Crippen LogP contribution < -0.4 is 5.73 Å². The van der Waals surface area contributed by atoms with Gasteiger partial charge in [0.05, 0.1) is 28.3 Å². The lowest BCUT2D eigenvalue weighted by atomic mass is 9.88. The third kappa shape index (κ3) is 2.30. The quantitative estimate of drug-likeness (QED) is 0.522. The summed E-state index contributed by atoms with van der Waals surface area (Å²) in [6, 6.07) is 8.11. The van der Waals surface area contributed by atoms with Gasteiger partial charge in [-0.25, -0.2) is 4.98 Å². The molecule has 146 valence electrons. The van der Waals surface area contributed by atoms with Crippen molar-refractivity contribution in [2.24, 2.45) is 11.3 Å². The number of pyridine rings is 1. The zero-order valence-electron chi connectivity index (χ0n) is 14.7. The Labute approximate surface area is 171 Å². The van der Waals surface area contributed by atoms with Crippen LogP contribution in [0.3, 0.4) is 0 Å². The number of aliphatic hydroxyl groups excluding tert-OH is 3. The molecule has 1 unspecified atom stereocenters. The molecule has 0 amide bonds. The first kappa shape index (κ1) is 18.2. The SMILES string of the molecule is Nc1ccnc2c1ccn2[C@H]1[C@H](O)[C@H](O)[C@]2(C(O)c3ccc(Cl)c(Cl)c3)C[C@H]12. The van der Waals surface area contributed by atoms with Crippen molar-refractivity contribution in [2.75, 3.05) is 5.73 Å². The molecule has 6 nitrogen and oxygen atoms in total. The molecule has 5 N–H and O–H groups in total. The number of rotatable bonds is 3. The van der Waals surface area contributed by atoms with E-state index < -0.39 is 29.8 Å². The summed E-state index contributed by atoms with van der Waals surface area (Å²) in [5.74, 6) is -0.110. The van der Waals surface area contributed by atoms with Crippen molar-refractivity contribution in [3.8, 4) is 0 Å². The van der Waals surface area contributed by atoms with Crippen LogP contribution in [0.2, 0.25) is 10.0 Å². The monoisotopic (exact) mass is 419 g/mol. The summed E-state index contributed by atoms with van der Waals surface area (Å²) in [6.45, 7) is 0. The molecular weight excluding hydrogens is 401 g/mol. The molecule has 2 aliphatic carbocycles. The molecule has 2 aliphatic rings. The van der Waals surface area contributed by atoms with E-state index in [1.54, 1.807) is 30.5 Å². The van der Waals surface area contributed by atoms with E-state index in [0.29, 0.717) is 33.4 Å². The number of aromatic nitrogens is 2. The number of anilines is 1. The fraction of sp³-hybridized carbons (Fsp3) is 0.350. The summed E-state index contributed by atoms with van der Waals surface area (Å²) in [4.78, 5) is 4.40. The molecular formula is C20H19Cl2N3O3. The summed E-state index contributed by atoms with van der Waals surface area (Å²) in [7, 11) is 0. The van der Waals surface area contributed by atoms with Crippen LogP contribution in [0.1, 0.15) is 24.1 Å². The van der Waals surface area contributed by atoms with E-state index >= 15 is 0 Å². The Hall–Kier alpha value is -1.83. The van der Waals surface area contributed by atoms with Gasteiger partial charge in [-0.2, -0.15) is 0 Å². The summed E-state index contributed by atoms with van der Waals surface area (Å²) in [5, 5.41) is 34.3. The zero-order valence-corrected chi connectivity index (χ0v) is 16.2. The molecule has 1 aromatic carbocycles. The summed E-state index contributed by atoms with van der Waals surface area (Å²) >= 11 is 12.1. The van der Waals surface area contributed by atoms with Gasteiger partial charge in [-0.15, -0.1) is 0 Å². The number of benzene rings is 1. The van der Waals surface area contributed by atoms with Gasteiger partial charge >= 0.3 is 0 Å². The largest absolute Gasteiger partial charge is 0.398 e. The van der Waals surface area contributed by atoms with E-state index in [-0.39, 0.29) is 5.92 Å². The smallest absolute Gasteiger partial charge is 0.142 e. The standard InChI is InChI=1S/C20H19Cl2N3O3/c21-12-2-1-9(7-13(12)22)17(27)20-8-11(20)15(16(26)18(20)28)25-6-4-10-14(23)3-5-24-19(10)25/h1-7,11,15-18,26-28H,8H2,(H2,23,24)/t11-,15-,16+,17?,18+,20-/m1/s1. The van der Waals surface area contributed by atoms with Crippen molar-refractivity contribution in [3.05, 3.63) is 58.3 Å². The second kappa shape index (κ2) is 6.08. The minimum atomic E-state index is -1.08. The van der Waals surface area contributed by atoms with Crippen molar-refractivity contribution in [1.29, 1.82) is 0 Å². The number of aliphatic hydroxyl groups is 3. The molecule has 0 radical (unpaired) electrons. The normalized spacial score (nSPS) is 32.5. The highest BCUT2D eigenvalue weighted by Crippen LogP contribution is 2.72. The molecule has 28 heavy (non-hydrogen) atoms. The summed E-state index contributed by atoms with van der Waals surface area (Å²) < 4.78 is 1.86. The Morgan fingerprint density at radius 2 is 1.96 bits per heavy atom. The maximum atomic E-state index is 11.1. The van der Waals surface area contributed by atoms with Gasteiger partial charge in [0.1, 0.15) is 11.8 Å². The van der Waals surface area contributed by atoms with E-state index in [1.807, 2.05) is 16.8 Å². The predicted octanol–water partition coefficient (Wildman–Crippen LogP) is 2.94. The fourth-order valence-corrected chi connectivity index (χ4v) is 5.30. The molecule has 0 spiro atoms. The third-order valence-corrected chi connectivity index (χ3v) is 7.22. The van der Waals surface area contributed by atoms with E-state index in [9.17, 15) is 15.3 Å². The van der Waals surface area contributed by atoms with Crippen LogP contribution in [0.5, 0.6) is 0 Å². The van der Waals surface area contributed by atoms with Gasteiger partial charge in [0, 0.05) is 28.9 Å². The molecule has 6 atom stereocenters. The first-order valence-corrected chi connectivity index (χ1v) is 9.82.